The smallest absolute Gasteiger partial charge is 0.231 e. The Bertz CT molecular complexity index is 1040. The largest absolute Gasteiger partial charge is 0.384 e. The van der Waals surface area contributed by atoms with Crippen LogP contribution in [0.1, 0.15) is 12.0 Å². The van der Waals surface area contributed by atoms with Crippen molar-refractivity contribution in [2.24, 2.45) is 13.0 Å². The van der Waals surface area contributed by atoms with E-state index in [1.54, 1.807) is 6.20 Å². The maximum absolute atomic E-state index is 13.0. The standard InChI is InChI=1S/C20H19FN4O/c1-25-17(13-3-2-4-16-12(13)5-6-22-16)7-11-8-19(23-10-18(11)25)24-20(26)14-9-15(14)21/h2-4,7-8,10,14-15,22H,5-6,9H2,1H3,(H,23,24,26). The number of carbonyl (C=O) groups excluding carboxylic acids is 1. The van der Waals surface area contributed by atoms with Crippen LogP contribution in [0.2, 0.25) is 0 Å². The number of aromatic nitrogens is 2. The summed E-state index contributed by atoms with van der Waals surface area (Å²) in [4.78, 5) is 16.3. The van der Waals surface area contributed by atoms with Crippen molar-refractivity contribution in [1.29, 1.82) is 0 Å². The van der Waals surface area contributed by atoms with E-state index in [1.807, 2.05) is 13.1 Å². The fourth-order valence-corrected chi connectivity index (χ4v) is 3.80. The number of pyridine rings is 1. The zero-order chi connectivity index (χ0) is 17.8. The monoisotopic (exact) mass is 350 g/mol. The Labute approximate surface area is 150 Å². The van der Waals surface area contributed by atoms with Gasteiger partial charge in [-0.2, -0.15) is 0 Å². The summed E-state index contributed by atoms with van der Waals surface area (Å²) in [6.07, 6.45) is 2.08. The van der Waals surface area contributed by atoms with Crippen LogP contribution in [0.15, 0.2) is 36.5 Å². The van der Waals surface area contributed by atoms with Gasteiger partial charge in [0.05, 0.1) is 17.6 Å². The molecular formula is C20H19FN4O. The topological polar surface area (TPSA) is 59.0 Å². The van der Waals surface area contributed by atoms with E-state index in [9.17, 15) is 9.18 Å². The van der Waals surface area contributed by atoms with Crippen molar-refractivity contribution < 1.29 is 9.18 Å². The van der Waals surface area contributed by atoms with Gasteiger partial charge in [0.25, 0.3) is 0 Å². The number of carbonyl (C=O) groups is 1. The molecule has 1 saturated carbocycles. The van der Waals surface area contributed by atoms with Crippen molar-refractivity contribution in [2.45, 2.75) is 19.0 Å². The fourth-order valence-electron chi connectivity index (χ4n) is 3.80. The van der Waals surface area contributed by atoms with E-state index >= 15 is 0 Å². The Kier molecular flexibility index (Phi) is 3.29. The summed E-state index contributed by atoms with van der Waals surface area (Å²) in [5.74, 6) is -0.329. The molecule has 0 spiro atoms. The minimum atomic E-state index is -1.00. The highest BCUT2D eigenvalue weighted by atomic mass is 19.1. The number of halogens is 1. The molecule has 3 heterocycles. The number of amides is 1. The lowest BCUT2D eigenvalue weighted by Gasteiger charge is -2.09. The van der Waals surface area contributed by atoms with E-state index in [0.29, 0.717) is 12.2 Å². The number of anilines is 2. The third kappa shape index (κ3) is 2.36. The molecule has 132 valence electrons. The summed E-state index contributed by atoms with van der Waals surface area (Å²) in [6, 6.07) is 10.3. The Morgan fingerprint density at radius 2 is 2.23 bits per heavy atom. The van der Waals surface area contributed by atoms with Gasteiger partial charge >= 0.3 is 0 Å². The highest BCUT2D eigenvalue weighted by Gasteiger charge is 2.43. The third-order valence-corrected chi connectivity index (χ3v) is 5.37. The van der Waals surface area contributed by atoms with Crippen LogP contribution >= 0.6 is 0 Å². The summed E-state index contributed by atoms with van der Waals surface area (Å²) in [6.45, 7) is 0.963. The maximum atomic E-state index is 13.0. The van der Waals surface area contributed by atoms with Crippen molar-refractivity contribution in [2.75, 3.05) is 17.2 Å². The number of nitrogens with one attached hydrogen (secondary N) is 2. The molecule has 0 bridgehead atoms. The number of hydrogen-bond donors (Lipinski definition) is 2. The Morgan fingerprint density at radius 3 is 3.04 bits per heavy atom. The van der Waals surface area contributed by atoms with E-state index in [-0.39, 0.29) is 5.91 Å². The van der Waals surface area contributed by atoms with Crippen LogP contribution in [-0.2, 0) is 18.3 Å². The number of aryl methyl sites for hydroxylation is 1. The second-order valence-corrected chi connectivity index (χ2v) is 7.07. The third-order valence-electron chi connectivity index (χ3n) is 5.37. The molecule has 2 N–H and O–H groups in total. The molecule has 2 aliphatic rings. The van der Waals surface area contributed by atoms with Gasteiger partial charge < -0.3 is 15.2 Å². The summed E-state index contributed by atoms with van der Waals surface area (Å²) in [7, 11) is 2.03. The first-order chi connectivity index (χ1) is 12.6. The first kappa shape index (κ1) is 15.4. The number of nitrogens with zero attached hydrogens (tertiary/aromatic N) is 2. The first-order valence-corrected chi connectivity index (χ1v) is 8.88. The van der Waals surface area contributed by atoms with Crippen LogP contribution in [0.25, 0.3) is 22.2 Å². The molecule has 5 nitrogen and oxygen atoms in total. The predicted octanol–water partition coefficient (Wildman–Crippen LogP) is 3.50. The normalized spacial score (nSPS) is 20.7. The number of fused-ring (bicyclic) bond motifs is 2. The number of benzene rings is 1. The molecule has 2 unspecified atom stereocenters. The van der Waals surface area contributed by atoms with Crippen molar-refractivity contribution in [1.82, 2.24) is 9.55 Å². The first-order valence-electron chi connectivity index (χ1n) is 8.88. The summed E-state index contributed by atoms with van der Waals surface area (Å²) in [5.41, 5.74) is 5.87. The Morgan fingerprint density at radius 1 is 1.38 bits per heavy atom. The van der Waals surface area contributed by atoms with Gasteiger partial charge in [-0.25, -0.2) is 9.37 Å². The second-order valence-electron chi connectivity index (χ2n) is 7.07. The highest BCUT2D eigenvalue weighted by molar-refractivity contribution is 5.96. The molecule has 0 radical (unpaired) electrons. The van der Waals surface area contributed by atoms with E-state index in [4.69, 9.17) is 0 Å². The van der Waals surface area contributed by atoms with Gasteiger partial charge in [-0.05, 0) is 36.6 Å². The van der Waals surface area contributed by atoms with Crippen LogP contribution in [0, 0.1) is 5.92 Å². The molecule has 1 fully saturated rings. The van der Waals surface area contributed by atoms with Gasteiger partial charge in [0.2, 0.25) is 5.91 Å². The van der Waals surface area contributed by atoms with Gasteiger partial charge in [0.1, 0.15) is 12.0 Å². The average molecular weight is 350 g/mol. The van der Waals surface area contributed by atoms with Crippen LogP contribution in [-0.4, -0.2) is 28.2 Å². The molecule has 3 aromatic rings. The molecule has 5 rings (SSSR count). The molecule has 2 aromatic heterocycles. The predicted molar refractivity (Wildman–Crippen MR) is 100.0 cm³/mol. The lowest BCUT2D eigenvalue weighted by atomic mass is 10.0. The minimum absolute atomic E-state index is 0.285. The SMILES string of the molecule is Cn1c(-c2cccc3c2CCN3)cc2cc(NC(=O)C3CC3F)ncc21. The average Bonchev–Trinajstić information content (AvgIpc) is 3.04. The molecular weight excluding hydrogens is 331 g/mol. The number of rotatable bonds is 3. The van der Waals surface area contributed by atoms with Gasteiger partial charge in [-0.3, -0.25) is 4.79 Å². The fraction of sp³-hybridized carbons (Fsp3) is 0.300. The van der Waals surface area contributed by atoms with Crippen LogP contribution in [0.5, 0.6) is 0 Å². The molecule has 2 atom stereocenters. The van der Waals surface area contributed by atoms with Gasteiger partial charge in [0.15, 0.2) is 0 Å². The van der Waals surface area contributed by atoms with Crippen molar-refractivity contribution >= 4 is 28.3 Å². The summed E-state index contributed by atoms with van der Waals surface area (Å²) < 4.78 is 15.2. The summed E-state index contributed by atoms with van der Waals surface area (Å²) >= 11 is 0. The van der Waals surface area contributed by atoms with E-state index in [0.717, 1.165) is 29.6 Å². The van der Waals surface area contributed by atoms with Crippen molar-refractivity contribution in [3.8, 4) is 11.3 Å². The van der Waals surface area contributed by atoms with Crippen LogP contribution in [0.4, 0.5) is 15.9 Å². The molecule has 26 heavy (non-hydrogen) atoms. The molecule has 0 saturated heterocycles. The summed E-state index contributed by atoms with van der Waals surface area (Å²) in [5, 5.41) is 7.15. The lowest BCUT2D eigenvalue weighted by molar-refractivity contribution is -0.117. The minimum Gasteiger partial charge on any atom is -0.384 e. The van der Waals surface area contributed by atoms with Gasteiger partial charge in [-0.15, -0.1) is 0 Å². The van der Waals surface area contributed by atoms with Crippen LogP contribution in [0.3, 0.4) is 0 Å². The van der Waals surface area contributed by atoms with Gasteiger partial charge in [0, 0.05) is 35.9 Å². The molecule has 1 aliphatic carbocycles. The molecule has 1 aromatic carbocycles. The van der Waals surface area contributed by atoms with E-state index < -0.39 is 12.1 Å². The van der Waals surface area contributed by atoms with E-state index in [1.165, 1.54) is 16.8 Å². The van der Waals surface area contributed by atoms with Crippen LogP contribution < -0.4 is 10.6 Å². The van der Waals surface area contributed by atoms with Crippen molar-refractivity contribution in [3.05, 3.63) is 42.1 Å². The number of hydrogen-bond acceptors (Lipinski definition) is 3. The Balaban J connectivity index is 1.53. The molecule has 6 heteroatoms. The quantitative estimate of drug-likeness (QED) is 0.760. The molecule has 1 aliphatic heterocycles. The Hall–Kier alpha value is -2.89. The van der Waals surface area contributed by atoms with E-state index in [2.05, 4.69) is 44.5 Å². The zero-order valence-electron chi connectivity index (χ0n) is 14.4. The second kappa shape index (κ2) is 5.56. The number of alkyl halides is 1. The molecule has 1 amide bonds. The van der Waals surface area contributed by atoms with Crippen molar-refractivity contribution in [3.63, 3.8) is 0 Å². The zero-order valence-corrected chi connectivity index (χ0v) is 14.4. The maximum Gasteiger partial charge on any atom is 0.231 e. The van der Waals surface area contributed by atoms with Gasteiger partial charge in [-0.1, -0.05) is 12.1 Å². The highest BCUT2D eigenvalue weighted by Crippen LogP contribution is 2.36. The lowest BCUT2D eigenvalue weighted by Crippen LogP contribution is -2.15.